The summed E-state index contributed by atoms with van der Waals surface area (Å²) in [5.41, 5.74) is 1.64. The average molecular weight is 327 g/mol. The maximum Gasteiger partial charge on any atom is 0.272 e. The van der Waals surface area contributed by atoms with Gasteiger partial charge in [-0.2, -0.15) is 0 Å². The number of nitrogens with zero attached hydrogens (tertiary/aromatic N) is 1. The van der Waals surface area contributed by atoms with Gasteiger partial charge in [-0.05, 0) is 37.3 Å². The Morgan fingerprint density at radius 1 is 1.29 bits per heavy atom. The van der Waals surface area contributed by atoms with Crippen molar-refractivity contribution in [1.29, 1.82) is 0 Å². The largest absolute Gasteiger partial charge is 0.482 e. The van der Waals surface area contributed by atoms with Crippen molar-refractivity contribution < 1.29 is 19.2 Å². The van der Waals surface area contributed by atoms with E-state index in [1.54, 1.807) is 19.1 Å². The molecule has 0 aromatic heterocycles. The summed E-state index contributed by atoms with van der Waals surface area (Å²) in [4.78, 5) is 34.0. The van der Waals surface area contributed by atoms with E-state index in [1.165, 1.54) is 24.3 Å². The minimum Gasteiger partial charge on any atom is -0.482 e. The summed E-state index contributed by atoms with van der Waals surface area (Å²) in [5.74, 6) is -0.186. The molecule has 24 heavy (non-hydrogen) atoms. The number of ether oxygens (including phenoxy) is 1. The van der Waals surface area contributed by atoms with E-state index in [1.807, 2.05) is 0 Å². The third kappa shape index (κ3) is 3.02. The quantitative estimate of drug-likeness (QED) is 0.664. The summed E-state index contributed by atoms with van der Waals surface area (Å²) >= 11 is 0. The molecular weight excluding hydrogens is 314 g/mol. The minimum absolute atomic E-state index is 0.0124. The zero-order valence-corrected chi connectivity index (χ0v) is 12.7. The number of fused-ring (bicyclic) bond motifs is 1. The molecule has 3 rings (SSSR count). The Balaban J connectivity index is 1.80. The molecule has 1 aliphatic rings. The van der Waals surface area contributed by atoms with Crippen LogP contribution in [0.15, 0.2) is 36.4 Å². The van der Waals surface area contributed by atoms with Crippen molar-refractivity contribution in [3.8, 4) is 5.75 Å². The summed E-state index contributed by atoms with van der Waals surface area (Å²) in [6, 6.07) is 9.02. The van der Waals surface area contributed by atoms with E-state index >= 15 is 0 Å². The van der Waals surface area contributed by atoms with Crippen LogP contribution in [0.2, 0.25) is 0 Å². The first-order valence-electron chi connectivity index (χ1n) is 7.07. The normalized spacial score (nSPS) is 12.6. The number of benzene rings is 2. The molecule has 0 aliphatic carbocycles. The van der Waals surface area contributed by atoms with Gasteiger partial charge in [0.2, 0.25) is 0 Å². The number of aryl methyl sites for hydroxylation is 1. The fourth-order valence-electron chi connectivity index (χ4n) is 2.37. The van der Waals surface area contributed by atoms with Crippen molar-refractivity contribution in [2.24, 2.45) is 0 Å². The van der Waals surface area contributed by atoms with Crippen LogP contribution in [0, 0.1) is 17.0 Å². The van der Waals surface area contributed by atoms with E-state index in [4.69, 9.17) is 4.74 Å². The van der Waals surface area contributed by atoms with E-state index in [0.717, 1.165) is 0 Å². The first-order valence-corrected chi connectivity index (χ1v) is 7.07. The Bertz CT molecular complexity index is 863. The monoisotopic (exact) mass is 327 g/mol. The average Bonchev–Trinajstić information content (AvgIpc) is 2.53. The summed E-state index contributed by atoms with van der Waals surface area (Å²) < 4.78 is 5.23. The van der Waals surface area contributed by atoms with Gasteiger partial charge in [0.25, 0.3) is 17.5 Å². The molecule has 1 heterocycles. The molecule has 2 aromatic rings. The number of hydrogen-bond donors (Lipinski definition) is 2. The van der Waals surface area contributed by atoms with Crippen molar-refractivity contribution >= 4 is 28.9 Å². The molecule has 2 amide bonds. The first kappa shape index (κ1) is 15.5. The maximum absolute atomic E-state index is 12.3. The lowest BCUT2D eigenvalue weighted by molar-refractivity contribution is -0.385. The predicted molar refractivity (Wildman–Crippen MR) is 86.4 cm³/mol. The fraction of sp³-hybridized carbons (Fsp3) is 0.125. The van der Waals surface area contributed by atoms with Gasteiger partial charge in [0.1, 0.15) is 5.75 Å². The summed E-state index contributed by atoms with van der Waals surface area (Å²) in [7, 11) is 0. The third-order valence-electron chi connectivity index (χ3n) is 3.53. The second-order valence-corrected chi connectivity index (χ2v) is 5.26. The molecule has 0 atom stereocenters. The van der Waals surface area contributed by atoms with Crippen LogP contribution in [-0.2, 0) is 4.79 Å². The van der Waals surface area contributed by atoms with Gasteiger partial charge >= 0.3 is 0 Å². The van der Waals surface area contributed by atoms with Gasteiger partial charge in [-0.3, -0.25) is 19.7 Å². The summed E-state index contributed by atoms with van der Waals surface area (Å²) in [6.07, 6.45) is 0. The van der Waals surface area contributed by atoms with Crippen molar-refractivity contribution in [3.05, 3.63) is 57.6 Å². The molecule has 0 unspecified atom stereocenters. The maximum atomic E-state index is 12.3. The highest BCUT2D eigenvalue weighted by Gasteiger charge is 2.18. The molecule has 0 fully saturated rings. The zero-order chi connectivity index (χ0) is 17.3. The molecule has 0 saturated heterocycles. The SMILES string of the molecule is Cc1cc(NC(=O)c2ccc3c(c2)NC(=O)CO3)ccc1[N+](=O)[O-]. The molecule has 2 N–H and O–H groups in total. The van der Waals surface area contributed by atoms with Crippen LogP contribution >= 0.6 is 0 Å². The number of rotatable bonds is 3. The number of nitrogens with one attached hydrogen (secondary N) is 2. The van der Waals surface area contributed by atoms with Gasteiger partial charge in [-0.15, -0.1) is 0 Å². The first-order chi connectivity index (χ1) is 11.4. The van der Waals surface area contributed by atoms with E-state index in [0.29, 0.717) is 28.3 Å². The third-order valence-corrected chi connectivity index (χ3v) is 3.53. The smallest absolute Gasteiger partial charge is 0.272 e. The molecule has 0 bridgehead atoms. The summed E-state index contributed by atoms with van der Waals surface area (Å²) in [5, 5.41) is 16.1. The molecule has 8 heteroatoms. The number of amides is 2. The number of anilines is 2. The van der Waals surface area contributed by atoms with Gasteiger partial charge in [-0.1, -0.05) is 0 Å². The van der Waals surface area contributed by atoms with Crippen LogP contribution in [0.25, 0.3) is 0 Å². The number of nitro groups is 1. The van der Waals surface area contributed by atoms with Crippen LogP contribution in [-0.4, -0.2) is 23.3 Å². The van der Waals surface area contributed by atoms with Crippen LogP contribution in [0.4, 0.5) is 17.1 Å². The molecule has 8 nitrogen and oxygen atoms in total. The Morgan fingerprint density at radius 3 is 2.79 bits per heavy atom. The number of nitro benzene ring substituents is 1. The molecule has 1 aliphatic heterocycles. The molecule has 122 valence electrons. The molecule has 2 aromatic carbocycles. The number of carbonyl (C=O) groups excluding carboxylic acids is 2. The Morgan fingerprint density at radius 2 is 2.08 bits per heavy atom. The van der Waals surface area contributed by atoms with Crippen LogP contribution in [0.5, 0.6) is 5.75 Å². The molecule has 0 spiro atoms. The van der Waals surface area contributed by atoms with Crippen LogP contribution in [0.3, 0.4) is 0 Å². The Labute approximate surface area is 136 Å². The lowest BCUT2D eigenvalue weighted by atomic mass is 10.1. The standard InChI is InChI=1S/C16H13N3O5/c1-9-6-11(3-4-13(9)19(22)23)17-16(21)10-2-5-14-12(7-10)18-15(20)8-24-14/h2-7H,8H2,1H3,(H,17,21)(H,18,20). The highest BCUT2D eigenvalue weighted by Crippen LogP contribution is 2.29. The van der Waals surface area contributed by atoms with Crippen LogP contribution < -0.4 is 15.4 Å². The van der Waals surface area contributed by atoms with E-state index in [9.17, 15) is 19.7 Å². The van der Waals surface area contributed by atoms with Crippen molar-refractivity contribution in [2.45, 2.75) is 6.92 Å². The van der Waals surface area contributed by atoms with E-state index in [-0.39, 0.29) is 18.2 Å². The van der Waals surface area contributed by atoms with Crippen LogP contribution in [0.1, 0.15) is 15.9 Å². The van der Waals surface area contributed by atoms with Gasteiger partial charge in [-0.25, -0.2) is 0 Å². The Hall–Kier alpha value is -3.42. The topological polar surface area (TPSA) is 111 Å². The minimum atomic E-state index is -0.479. The van der Waals surface area contributed by atoms with Gasteiger partial charge < -0.3 is 15.4 Å². The highest BCUT2D eigenvalue weighted by atomic mass is 16.6. The Kier molecular flexibility index (Phi) is 3.87. The molecule has 0 radical (unpaired) electrons. The van der Waals surface area contributed by atoms with E-state index in [2.05, 4.69) is 10.6 Å². The predicted octanol–water partition coefficient (Wildman–Crippen LogP) is 2.49. The lowest BCUT2D eigenvalue weighted by Crippen LogP contribution is -2.25. The summed E-state index contributed by atoms with van der Waals surface area (Å²) in [6.45, 7) is 1.54. The van der Waals surface area contributed by atoms with Gasteiger partial charge in [0, 0.05) is 22.9 Å². The van der Waals surface area contributed by atoms with Crippen molar-refractivity contribution in [2.75, 3.05) is 17.2 Å². The zero-order valence-electron chi connectivity index (χ0n) is 12.7. The number of hydrogen-bond acceptors (Lipinski definition) is 5. The van der Waals surface area contributed by atoms with Gasteiger partial charge in [0.15, 0.2) is 6.61 Å². The molecule has 0 saturated carbocycles. The van der Waals surface area contributed by atoms with Gasteiger partial charge in [0.05, 0.1) is 10.6 Å². The highest BCUT2D eigenvalue weighted by molar-refractivity contribution is 6.06. The number of carbonyl (C=O) groups is 2. The second kappa shape index (κ2) is 5.99. The molecular formula is C16H13N3O5. The second-order valence-electron chi connectivity index (χ2n) is 5.26. The van der Waals surface area contributed by atoms with E-state index < -0.39 is 10.8 Å². The lowest BCUT2D eigenvalue weighted by Gasteiger charge is -2.18. The van der Waals surface area contributed by atoms with Crippen molar-refractivity contribution in [1.82, 2.24) is 0 Å². The van der Waals surface area contributed by atoms with Crippen molar-refractivity contribution in [3.63, 3.8) is 0 Å². The fourth-order valence-corrected chi connectivity index (χ4v) is 2.37.